The van der Waals surface area contributed by atoms with Gasteiger partial charge in [0.15, 0.2) is 9.62 Å². The third-order valence-electron chi connectivity index (χ3n) is 4.59. The maximum atomic E-state index is 12.6. The number of thioether (sulfide) groups is 1. The van der Waals surface area contributed by atoms with Crippen molar-refractivity contribution in [1.82, 2.24) is 10.2 Å². The van der Waals surface area contributed by atoms with Gasteiger partial charge in [-0.05, 0) is 13.0 Å². The molecule has 0 unspecified atom stereocenters. The molecule has 3 saturated heterocycles. The van der Waals surface area contributed by atoms with Crippen LogP contribution in [-0.4, -0.2) is 40.6 Å². The standard InChI is InChI=1S/C14H13N3O3S/c1-13-11(19)16-9(10(18)17(13)2)14(21-13)7-5-3-4-6-8(7)15-12(14)20/h3-6,9H,1-2H3,(H,15,20)(H,16,19)/t9-,13+,14-/m1/s1. The number of likely N-dealkylation sites (N-methyl/N-ethyl adjacent to an activating group) is 1. The molecule has 108 valence electrons. The van der Waals surface area contributed by atoms with Crippen molar-refractivity contribution < 1.29 is 14.4 Å². The average molecular weight is 303 g/mol. The van der Waals surface area contributed by atoms with Gasteiger partial charge in [-0.3, -0.25) is 14.4 Å². The summed E-state index contributed by atoms with van der Waals surface area (Å²) in [5.41, 5.74) is 1.47. The van der Waals surface area contributed by atoms with E-state index < -0.39 is 15.7 Å². The quantitative estimate of drug-likeness (QED) is 0.720. The number of hydrogen-bond acceptors (Lipinski definition) is 4. The van der Waals surface area contributed by atoms with E-state index in [4.69, 9.17) is 0 Å². The van der Waals surface area contributed by atoms with Gasteiger partial charge in [-0.15, -0.1) is 0 Å². The summed E-state index contributed by atoms with van der Waals surface area (Å²) in [6.07, 6.45) is 0. The second-order valence-electron chi connectivity index (χ2n) is 5.62. The molecule has 7 heteroatoms. The molecule has 2 bridgehead atoms. The second kappa shape index (κ2) is 3.59. The highest BCUT2D eigenvalue weighted by Gasteiger charge is 2.70. The summed E-state index contributed by atoms with van der Waals surface area (Å²) < 4.78 is -1.08. The van der Waals surface area contributed by atoms with Crippen LogP contribution in [0.15, 0.2) is 24.3 Å². The summed E-state index contributed by atoms with van der Waals surface area (Å²) in [4.78, 5) is 37.8. The van der Waals surface area contributed by atoms with Crippen LogP contribution in [0, 0.1) is 0 Å². The number of nitrogens with zero attached hydrogens (tertiary/aromatic N) is 1. The monoisotopic (exact) mass is 303 g/mol. The lowest BCUT2D eigenvalue weighted by Crippen LogP contribution is -2.78. The molecule has 4 aliphatic rings. The summed E-state index contributed by atoms with van der Waals surface area (Å²) in [6, 6.07) is 6.44. The first-order valence-corrected chi connectivity index (χ1v) is 7.42. The minimum Gasteiger partial charge on any atom is -0.339 e. The van der Waals surface area contributed by atoms with Crippen LogP contribution in [-0.2, 0) is 19.1 Å². The van der Waals surface area contributed by atoms with Gasteiger partial charge in [0, 0.05) is 18.3 Å². The van der Waals surface area contributed by atoms with Gasteiger partial charge < -0.3 is 15.5 Å². The van der Waals surface area contributed by atoms with E-state index in [0.29, 0.717) is 5.69 Å². The number of para-hydroxylation sites is 1. The summed E-state index contributed by atoms with van der Waals surface area (Å²) in [5.74, 6) is -0.712. The Kier molecular flexibility index (Phi) is 2.17. The summed E-state index contributed by atoms with van der Waals surface area (Å²) in [5, 5.41) is 5.56. The first kappa shape index (κ1) is 12.7. The third-order valence-corrected chi connectivity index (χ3v) is 6.41. The second-order valence-corrected chi connectivity index (χ2v) is 7.27. The zero-order valence-electron chi connectivity index (χ0n) is 11.5. The van der Waals surface area contributed by atoms with Crippen molar-refractivity contribution in [3.8, 4) is 0 Å². The molecule has 1 aromatic carbocycles. The van der Waals surface area contributed by atoms with Gasteiger partial charge in [-0.2, -0.15) is 0 Å². The molecule has 1 spiro atoms. The van der Waals surface area contributed by atoms with E-state index in [-0.39, 0.29) is 17.7 Å². The average Bonchev–Trinajstić information content (AvgIpc) is 2.73. The van der Waals surface area contributed by atoms with Gasteiger partial charge >= 0.3 is 0 Å². The number of fused-ring (bicyclic) bond motifs is 3. The molecular formula is C14H13N3O3S. The van der Waals surface area contributed by atoms with Crippen molar-refractivity contribution in [2.75, 3.05) is 12.4 Å². The molecule has 0 radical (unpaired) electrons. The molecule has 6 nitrogen and oxygen atoms in total. The fraction of sp³-hybridized carbons (Fsp3) is 0.357. The maximum absolute atomic E-state index is 12.6. The van der Waals surface area contributed by atoms with E-state index in [2.05, 4.69) is 10.6 Å². The molecule has 4 heterocycles. The molecule has 0 saturated carbocycles. The molecule has 5 rings (SSSR count). The molecule has 3 amide bonds. The lowest BCUT2D eigenvalue weighted by Gasteiger charge is -2.55. The van der Waals surface area contributed by atoms with E-state index >= 15 is 0 Å². The Labute approximate surface area is 125 Å². The number of nitrogens with one attached hydrogen (secondary N) is 2. The van der Waals surface area contributed by atoms with Crippen molar-refractivity contribution in [3.05, 3.63) is 29.8 Å². The molecule has 3 fully saturated rings. The van der Waals surface area contributed by atoms with Gasteiger partial charge in [0.25, 0.3) is 5.91 Å². The third kappa shape index (κ3) is 1.23. The van der Waals surface area contributed by atoms with Crippen LogP contribution in [0.1, 0.15) is 12.5 Å². The largest absolute Gasteiger partial charge is 0.339 e. The van der Waals surface area contributed by atoms with Gasteiger partial charge in [0.2, 0.25) is 11.8 Å². The first-order valence-electron chi connectivity index (χ1n) is 6.61. The Morgan fingerprint density at radius 3 is 2.67 bits per heavy atom. The normalized spacial score (nSPS) is 36.8. The van der Waals surface area contributed by atoms with Crippen LogP contribution < -0.4 is 10.6 Å². The van der Waals surface area contributed by atoms with E-state index in [9.17, 15) is 14.4 Å². The van der Waals surface area contributed by atoms with Crippen LogP contribution in [0.4, 0.5) is 5.69 Å². The number of carbonyl (C=O) groups is 3. The van der Waals surface area contributed by atoms with Crippen molar-refractivity contribution >= 4 is 35.2 Å². The molecule has 21 heavy (non-hydrogen) atoms. The zero-order valence-corrected chi connectivity index (χ0v) is 12.3. The molecule has 0 aromatic heterocycles. The number of hydrogen-bond donors (Lipinski definition) is 2. The van der Waals surface area contributed by atoms with Crippen molar-refractivity contribution in [2.45, 2.75) is 22.6 Å². The Bertz CT molecular complexity index is 721. The maximum Gasteiger partial charge on any atom is 0.256 e. The van der Waals surface area contributed by atoms with E-state index in [0.717, 1.165) is 5.56 Å². The smallest absolute Gasteiger partial charge is 0.256 e. The van der Waals surface area contributed by atoms with E-state index in [1.165, 1.54) is 16.7 Å². The summed E-state index contributed by atoms with van der Waals surface area (Å²) in [7, 11) is 1.60. The van der Waals surface area contributed by atoms with Crippen molar-refractivity contribution in [1.29, 1.82) is 0 Å². The van der Waals surface area contributed by atoms with Crippen LogP contribution in [0.2, 0.25) is 0 Å². The lowest BCUT2D eigenvalue weighted by atomic mass is 9.87. The first-order chi connectivity index (χ1) is 9.91. The van der Waals surface area contributed by atoms with Crippen LogP contribution in [0.3, 0.4) is 0 Å². The summed E-state index contributed by atoms with van der Waals surface area (Å²) in [6.45, 7) is 1.68. The number of rotatable bonds is 0. The highest BCUT2D eigenvalue weighted by molar-refractivity contribution is 8.03. The Morgan fingerprint density at radius 1 is 1.19 bits per heavy atom. The number of amides is 3. The number of benzene rings is 1. The zero-order chi connectivity index (χ0) is 15.0. The predicted octanol–water partition coefficient (Wildman–Crippen LogP) is 0.254. The molecular weight excluding hydrogens is 290 g/mol. The van der Waals surface area contributed by atoms with Gasteiger partial charge in [0.05, 0.1) is 0 Å². The van der Waals surface area contributed by atoms with Crippen LogP contribution in [0.25, 0.3) is 0 Å². The van der Waals surface area contributed by atoms with Crippen LogP contribution >= 0.6 is 11.8 Å². The molecule has 2 N–H and O–H groups in total. The Balaban J connectivity index is 1.97. The fourth-order valence-corrected chi connectivity index (χ4v) is 5.00. The van der Waals surface area contributed by atoms with Gasteiger partial charge in [-0.1, -0.05) is 30.0 Å². The van der Waals surface area contributed by atoms with Crippen molar-refractivity contribution in [3.63, 3.8) is 0 Å². The Hall–Kier alpha value is -2.02. The lowest BCUT2D eigenvalue weighted by molar-refractivity contribution is -0.153. The highest BCUT2D eigenvalue weighted by atomic mass is 32.2. The Morgan fingerprint density at radius 2 is 1.90 bits per heavy atom. The van der Waals surface area contributed by atoms with E-state index in [1.807, 2.05) is 24.3 Å². The minimum atomic E-state index is -1.08. The highest BCUT2D eigenvalue weighted by Crippen LogP contribution is 2.58. The molecule has 1 aromatic rings. The molecule has 4 aliphatic heterocycles. The van der Waals surface area contributed by atoms with Gasteiger partial charge in [0.1, 0.15) is 6.04 Å². The summed E-state index contributed by atoms with van der Waals surface area (Å²) >= 11 is 1.25. The predicted molar refractivity (Wildman–Crippen MR) is 77.4 cm³/mol. The minimum absolute atomic E-state index is 0.234. The molecule has 0 aliphatic carbocycles. The van der Waals surface area contributed by atoms with E-state index in [1.54, 1.807) is 14.0 Å². The number of anilines is 1. The topological polar surface area (TPSA) is 78.5 Å². The number of carbonyl (C=O) groups excluding carboxylic acids is 3. The molecule has 3 atom stereocenters. The van der Waals surface area contributed by atoms with Crippen LogP contribution in [0.5, 0.6) is 0 Å². The fourth-order valence-electron chi connectivity index (χ4n) is 3.29. The van der Waals surface area contributed by atoms with Gasteiger partial charge in [-0.25, -0.2) is 0 Å². The number of piperazine rings is 1. The SMILES string of the molecule is CN1C(=O)[C@H]2NC(=O)[C@]1(C)S[C@@]21C(=O)Nc2ccccc21. The van der Waals surface area contributed by atoms with Crippen molar-refractivity contribution in [2.24, 2.45) is 0 Å².